The van der Waals surface area contributed by atoms with Crippen LogP contribution in [0.1, 0.15) is 28.8 Å². The molecule has 2 rings (SSSR count). The second-order valence-corrected chi connectivity index (χ2v) is 4.96. The van der Waals surface area contributed by atoms with Crippen LogP contribution in [-0.2, 0) is 13.1 Å². The van der Waals surface area contributed by atoms with Crippen molar-refractivity contribution in [2.75, 3.05) is 13.6 Å². The first-order valence-electron chi connectivity index (χ1n) is 7.27. The minimum atomic E-state index is -0.0472. The molecule has 112 valence electrons. The highest BCUT2D eigenvalue weighted by molar-refractivity contribution is 5.93. The van der Waals surface area contributed by atoms with E-state index in [1.165, 1.54) is 5.56 Å². The van der Waals surface area contributed by atoms with E-state index in [1.54, 1.807) is 13.2 Å². The monoisotopic (exact) mass is 286 g/mol. The topological polar surface area (TPSA) is 59.0 Å². The predicted octanol–water partition coefficient (Wildman–Crippen LogP) is 1.81. The quantitative estimate of drug-likeness (QED) is 0.728. The van der Waals surface area contributed by atoms with Crippen molar-refractivity contribution in [1.29, 1.82) is 0 Å². The Labute approximate surface area is 125 Å². The van der Waals surface area contributed by atoms with E-state index in [1.807, 2.05) is 36.8 Å². The zero-order chi connectivity index (χ0) is 14.9. The van der Waals surface area contributed by atoms with Crippen molar-refractivity contribution in [3.8, 4) is 0 Å². The number of hydrogen-bond acceptors (Lipinski definition) is 3. The molecule has 2 N–H and O–H groups in total. The first kappa shape index (κ1) is 15.3. The number of amides is 1. The number of imidazole rings is 1. The summed E-state index contributed by atoms with van der Waals surface area (Å²) in [7, 11) is 1.64. The molecule has 0 fully saturated rings. The fourth-order valence-electron chi connectivity index (χ4n) is 2.11. The van der Waals surface area contributed by atoms with Crippen LogP contribution in [0, 0.1) is 0 Å². The molecule has 1 aromatic carbocycles. The number of benzene rings is 1. The Hall–Kier alpha value is -2.14. The highest BCUT2D eigenvalue weighted by Crippen LogP contribution is 2.04. The summed E-state index contributed by atoms with van der Waals surface area (Å²) in [6.45, 7) is 2.84. The van der Waals surface area contributed by atoms with Gasteiger partial charge >= 0.3 is 0 Å². The van der Waals surface area contributed by atoms with Crippen LogP contribution in [-0.4, -0.2) is 29.1 Å². The Kier molecular flexibility index (Phi) is 5.97. The average Bonchev–Trinajstić information content (AvgIpc) is 3.04. The number of hydrogen-bond donors (Lipinski definition) is 2. The zero-order valence-electron chi connectivity index (χ0n) is 12.4. The van der Waals surface area contributed by atoms with E-state index in [2.05, 4.69) is 20.2 Å². The molecular formula is C16H22N4O. The highest BCUT2D eigenvalue weighted by atomic mass is 16.1. The highest BCUT2D eigenvalue weighted by Gasteiger charge is 2.01. The maximum absolute atomic E-state index is 11.4. The van der Waals surface area contributed by atoms with Gasteiger partial charge in [-0.25, -0.2) is 4.98 Å². The van der Waals surface area contributed by atoms with Crippen molar-refractivity contribution in [2.45, 2.75) is 25.9 Å². The number of aryl methyl sites for hydroxylation is 1. The van der Waals surface area contributed by atoms with Gasteiger partial charge in [-0.05, 0) is 37.1 Å². The minimum Gasteiger partial charge on any atom is -0.355 e. The van der Waals surface area contributed by atoms with Gasteiger partial charge in [0.1, 0.15) is 0 Å². The average molecular weight is 286 g/mol. The lowest BCUT2D eigenvalue weighted by molar-refractivity contribution is 0.0963. The number of carbonyl (C=O) groups excluding carboxylic acids is 1. The van der Waals surface area contributed by atoms with Gasteiger partial charge in [-0.3, -0.25) is 4.79 Å². The lowest BCUT2D eigenvalue weighted by atomic mass is 10.1. The van der Waals surface area contributed by atoms with Gasteiger partial charge < -0.3 is 15.2 Å². The standard InChI is InChI=1S/C16H22N4O/c1-17-16(21)15-6-4-14(5-7-15)12-18-8-2-3-10-20-11-9-19-13-20/h4-7,9,11,13,18H,2-3,8,10,12H2,1H3,(H,17,21). The van der Waals surface area contributed by atoms with Crippen LogP contribution < -0.4 is 10.6 Å². The van der Waals surface area contributed by atoms with Crippen molar-refractivity contribution in [2.24, 2.45) is 0 Å². The van der Waals surface area contributed by atoms with Crippen molar-refractivity contribution >= 4 is 5.91 Å². The summed E-state index contributed by atoms with van der Waals surface area (Å²) in [5.74, 6) is -0.0472. The lowest BCUT2D eigenvalue weighted by Crippen LogP contribution is -2.18. The van der Waals surface area contributed by atoms with E-state index in [0.29, 0.717) is 5.56 Å². The lowest BCUT2D eigenvalue weighted by Gasteiger charge is -2.06. The number of nitrogens with one attached hydrogen (secondary N) is 2. The first-order valence-corrected chi connectivity index (χ1v) is 7.27. The van der Waals surface area contributed by atoms with Gasteiger partial charge in [-0.2, -0.15) is 0 Å². The second-order valence-electron chi connectivity index (χ2n) is 4.96. The van der Waals surface area contributed by atoms with Gasteiger partial charge in [-0.1, -0.05) is 12.1 Å². The first-order chi connectivity index (χ1) is 10.3. The van der Waals surface area contributed by atoms with E-state index in [0.717, 1.165) is 32.5 Å². The van der Waals surface area contributed by atoms with Crippen LogP contribution >= 0.6 is 0 Å². The van der Waals surface area contributed by atoms with Gasteiger partial charge in [0.05, 0.1) is 6.33 Å². The Morgan fingerprint density at radius 1 is 1.24 bits per heavy atom. The molecule has 0 saturated carbocycles. The van der Waals surface area contributed by atoms with E-state index < -0.39 is 0 Å². The molecule has 21 heavy (non-hydrogen) atoms. The van der Waals surface area contributed by atoms with Crippen molar-refractivity contribution in [3.05, 3.63) is 54.1 Å². The molecule has 1 amide bonds. The summed E-state index contributed by atoms with van der Waals surface area (Å²) in [6, 6.07) is 7.69. The van der Waals surface area contributed by atoms with Crippen LogP contribution in [0.2, 0.25) is 0 Å². The molecule has 0 saturated heterocycles. The van der Waals surface area contributed by atoms with E-state index in [-0.39, 0.29) is 5.91 Å². The number of unbranched alkanes of at least 4 members (excludes halogenated alkanes) is 1. The predicted molar refractivity (Wildman–Crippen MR) is 83.0 cm³/mol. The van der Waals surface area contributed by atoms with Gasteiger partial charge in [0.15, 0.2) is 0 Å². The molecule has 0 aliphatic rings. The Morgan fingerprint density at radius 3 is 2.71 bits per heavy atom. The van der Waals surface area contributed by atoms with Crippen LogP contribution in [0.25, 0.3) is 0 Å². The zero-order valence-corrected chi connectivity index (χ0v) is 12.4. The third kappa shape index (κ3) is 5.04. The van der Waals surface area contributed by atoms with Crippen LogP contribution in [0.15, 0.2) is 43.0 Å². The van der Waals surface area contributed by atoms with Gasteiger partial charge in [0.25, 0.3) is 5.91 Å². The van der Waals surface area contributed by atoms with Gasteiger partial charge in [0, 0.05) is 38.1 Å². The Bertz CT molecular complexity index is 534. The molecule has 1 aromatic heterocycles. The molecule has 1 heterocycles. The van der Waals surface area contributed by atoms with E-state index >= 15 is 0 Å². The summed E-state index contributed by atoms with van der Waals surface area (Å²) < 4.78 is 2.09. The molecule has 0 unspecified atom stereocenters. The van der Waals surface area contributed by atoms with Gasteiger partial charge in [0.2, 0.25) is 0 Å². The molecule has 2 aromatic rings. The Balaban J connectivity index is 1.61. The maximum atomic E-state index is 11.4. The fourth-order valence-corrected chi connectivity index (χ4v) is 2.11. The van der Waals surface area contributed by atoms with Crippen LogP contribution in [0.4, 0.5) is 0 Å². The normalized spacial score (nSPS) is 10.5. The SMILES string of the molecule is CNC(=O)c1ccc(CNCCCCn2ccnc2)cc1. The van der Waals surface area contributed by atoms with Crippen molar-refractivity contribution in [1.82, 2.24) is 20.2 Å². The number of aromatic nitrogens is 2. The summed E-state index contributed by atoms with van der Waals surface area (Å²) in [4.78, 5) is 15.4. The molecule has 0 atom stereocenters. The Morgan fingerprint density at radius 2 is 2.05 bits per heavy atom. The third-order valence-electron chi connectivity index (χ3n) is 3.35. The molecule has 0 aliphatic heterocycles. The van der Waals surface area contributed by atoms with E-state index in [4.69, 9.17) is 0 Å². The number of rotatable bonds is 8. The molecule has 5 nitrogen and oxygen atoms in total. The molecular weight excluding hydrogens is 264 g/mol. The summed E-state index contributed by atoms with van der Waals surface area (Å²) in [5, 5.41) is 6.04. The van der Waals surface area contributed by atoms with Crippen molar-refractivity contribution < 1.29 is 4.79 Å². The van der Waals surface area contributed by atoms with Crippen LogP contribution in [0.3, 0.4) is 0 Å². The molecule has 0 aliphatic carbocycles. The summed E-state index contributed by atoms with van der Waals surface area (Å²) in [6.07, 6.45) is 7.91. The minimum absolute atomic E-state index is 0.0472. The third-order valence-corrected chi connectivity index (χ3v) is 3.35. The largest absolute Gasteiger partial charge is 0.355 e. The molecule has 5 heteroatoms. The van der Waals surface area contributed by atoms with Crippen molar-refractivity contribution in [3.63, 3.8) is 0 Å². The van der Waals surface area contributed by atoms with Crippen LogP contribution in [0.5, 0.6) is 0 Å². The molecule has 0 radical (unpaired) electrons. The maximum Gasteiger partial charge on any atom is 0.251 e. The number of nitrogens with zero attached hydrogens (tertiary/aromatic N) is 2. The smallest absolute Gasteiger partial charge is 0.251 e. The fraction of sp³-hybridized carbons (Fsp3) is 0.375. The van der Waals surface area contributed by atoms with Gasteiger partial charge in [-0.15, -0.1) is 0 Å². The summed E-state index contributed by atoms with van der Waals surface area (Å²) >= 11 is 0. The summed E-state index contributed by atoms with van der Waals surface area (Å²) in [5.41, 5.74) is 1.89. The van der Waals surface area contributed by atoms with E-state index in [9.17, 15) is 4.79 Å². The second kappa shape index (κ2) is 8.21. The molecule has 0 bridgehead atoms. The number of carbonyl (C=O) groups is 1. The molecule has 0 spiro atoms.